The van der Waals surface area contributed by atoms with Gasteiger partial charge in [0.1, 0.15) is 12.4 Å². The zero-order valence-electron chi connectivity index (χ0n) is 18.5. The molecule has 34 heavy (non-hydrogen) atoms. The van der Waals surface area contributed by atoms with Crippen LogP contribution in [0.1, 0.15) is 41.1 Å². The zero-order valence-corrected chi connectivity index (χ0v) is 18.5. The number of carbonyl (C=O) groups is 1. The van der Waals surface area contributed by atoms with Gasteiger partial charge in [-0.2, -0.15) is 13.2 Å². The third-order valence-electron chi connectivity index (χ3n) is 6.22. The van der Waals surface area contributed by atoms with E-state index in [0.717, 1.165) is 17.2 Å². The summed E-state index contributed by atoms with van der Waals surface area (Å²) in [6.45, 7) is 1.25. The molecule has 0 amide bonds. The lowest BCUT2D eigenvalue weighted by atomic mass is 9.90. The van der Waals surface area contributed by atoms with Crippen LogP contribution in [0.4, 0.5) is 13.2 Å². The van der Waals surface area contributed by atoms with Gasteiger partial charge in [0.15, 0.2) is 0 Å². The Hall–Kier alpha value is -3.32. The van der Waals surface area contributed by atoms with Gasteiger partial charge in [0, 0.05) is 5.56 Å². The van der Waals surface area contributed by atoms with E-state index in [9.17, 15) is 23.1 Å². The molecule has 4 rings (SSSR count). The minimum Gasteiger partial charge on any atom is -0.489 e. The standard InChI is InChI=1S/C27H26F3NO3/c28-27(29,30)22-10-6-9-21(17-22)25(31-15-13-20(14-16-31)26(32)33)23-11-4-5-12-24(23)34-18-19-7-2-1-3-8-19/h1-12,17,20,25H,13-16,18H2,(H,32,33). The summed E-state index contributed by atoms with van der Waals surface area (Å²) in [5.74, 6) is -0.682. The maximum atomic E-state index is 13.5. The van der Waals surface area contributed by atoms with Crippen molar-refractivity contribution >= 4 is 5.97 Å². The maximum absolute atomic E-state index is 13.5. The van der Waals surface area contributed by atoms with Gasteiger partial charge in [-0.3, -0.25) is 9.69 Å². The number of aliphatic carboxylic acids is 1. The van der Waals surface area contributed by atoms with Crippen molar-refractivity contribution in [3.63, 3.8) is 0 Å². The van der Waals surface area contributed by atoms with Crippen LogP contribution in [0.2, 0.25) is 0 Å². The fraction of sp³-hybridized carbons (Fsp3) is 0.296. The van der Waals surface area contributed by atoms with Crippen molar-refractivity contribution in [1.82, 2.24) is 4.90 Å². The molecule has 178 valence electrons. The number of nitrogens with zero attached hydrogens (tertiary/aromatic N) is 1. The van der Waals surface area contributed by atoms with Crippen molar-refractivity contribution in [3.8, 4) is 5.75 Å². The van der Waals surface area contributed by atoms with Gasteiger partial charge < -0.3 is 9.84 Å². The van der Waals surface area contributed by atoms with Gasteiger partial charge in [0.2, 0.25) is 0 Å². The van der Waals surface area contributed by atoms with E-state index in [1.54, 1.807) is 6.07 Å². The lowest BCUT2D eigenvalue weighted by Gasteiger charge is -2.37. The molecule has 0 aromatic heterocycles. The summed E-state index contributed by atoms with van der Waals surface area (Å²) < 4.78 is 46.6. The van der Waals surface area contributed by atoms with E-state index in [1.165, 1.54) is 12.1 Å². The highest BCUT2D eigenvalue weighted by Gasteiger charge is 2.34. The van der Waals surface area contributed by atoms with Gasteiger partial charge >= 0.3 is 12.1 Å². The maximum Gasteiger partial charge on any atom is 0.416 e. The number of alkyl halides is 3. The van der Waals surface area contributed by atoms with Crippen molar-refractivity contribution in [2.24, 2.45) is 5.92 Å². The highest BCUT2D eigenvalue weighted by molar-refractivity contribution is 5.70. The Morgan fingerprint density at radius 3 is 2.32 bits per heavy atom. The van der Waals surface area contributed by atoms with Crippen molar-refractivity contribution < 1.29 is 27.8 Å². The van der Waals surface area contributed by atoms with Crippen molar-refractivity contribution in [3.05, 3.63) is 101 Å². The molecule has 3 aromatic carbocycles. The molecular weight excluding hydrogens is 443 g/mol. The highest BCUT2D eigenvalue weighted by Crippen LogP contribution is 2.39. The van der Waals surface area contributed by atoms with Crippen LogP contribution in [-0.4, -0.2) is 29.1 Å². The van der Waals surface area contributed by atoms with Crippen LogP contribution < -0.4 is 4.74 Å². The highest BCUT2D eigenvalue weighted by atomic mass is 19.4. The Morgan fingerprint density at radius 2 is 1.65 bits per heavy atom. The number of rotatable bonds is 7. The number of carboxylic acid groups (broad SMARTS) is 1. The molecule has 1 saturated heterocycles. The van der Waals surface area contributed by atoms with Gasteiger partial charge in [0.05, 0.1) is 17.5 Å². The third kappa shape index (κ3) is 5.59. The molecule has 1 aliphatic heterocycles. The largest absolute Gasteiger partial charge is 0.489 e. The summed E-state index contributed by atoms with van der Waals surface area (Å²) in [5.41, 5.74) is 1.53. The summed E-state index contributed by atoms with van der Waals surface area (Å²) in [6, 6.07) is 21.9. The van der Waals surface area contributed by atoms with Crippen molar-refractivity contribution in [2.75, 3.05) is 13.1 Å². The fourth-order valence-electron chi connectivity index (χ4n) is 4.45. The summed E-state index contributed by atoms with van der Waals surface area (Å²) >= 11 is 0. The topological polar surface area (TPSA) is 49.8 Å². The Morgan fingerprint density at radius 1 is 0.971 bits per heavy atom. The average Bonchev–Trinajstić information content (AvgIpc) is 2.84. The molecule has 0 spiro atoms. The van der Waals surface area contributed by atoms with Crippen LogP contribution in [0.5, 0.6) is 5.75 Å². The number of benzene rings is 3. The quantitative estimate of drug-likeness (QED) is 0.450. The van der Waals surface area contributed by atoms with Gasteiger partial charge in [-0.15, -0.1) is 0 Å². The molecule has 1 atom stereocenters. The van der Waals surface area contributed by atoms with E-state index in [2.05, 4.69) is 4.90 Å². The minimum atomic E-state index is -4.46. The van der Waals surface area contributed by atoms with Crippen LogP contribution in [0.25, 0.3) is 0 Å². The molecule has 1 N–H and O–H groups in total. The van der Waals surface area contributed by atoms with Crippen LogP contribution in [0, 0.1) is 5.92 Å². The molecule has 1 aliphatic rings. The molecule has 0 aliphatic carbocycles. The summed E-state index contributed by atoms with van der Waals surface area (Å²) in [6.07, 6.45) is -3.57. The van der Waals surface area contributed by atoms with Crippen LogP contribution >= 0.6 is 0 Å². The van der Waals surface area contributed by atoms with E-state index in [-0.39, 0.29) is 0 Å². The molecular formula is C27H26F3NO3. The first-order valence-electron chi connectivity index (χ1n) is 11.2. The van der Waals surface area contributed by atoms with E-state index < -0.39 is 29.7 Å². The first-order chi connectivity index (χ1) is 16.3. The lowest BCUT2D eigenvalue weighted by Crippen LogP contribution is -2.39. The number of para-hydroxylation sites is 1. The molecule has 1 unspecified atom stereocenters. The van der Waals surface area contributed by atoms with Gasteiger partial charge in [-0.1, -0.05) is 60.7 Å². The lowest BCUT2D eigenvalue weighted by molar-refractivity contribution is -0.143. The van der Waals surface area contributed by atoms with E-state index in [1.807, 2.05) is 54.6 Å². The molecule has 0 saturated carbocycles. The Bertz CT molecular complexity index is 1110. The predicted octanol–water partition coefficient (Wildman–Crippen LogP) is 6.17. The normalized spacial score (nSPS) is 16.2. The fourth-order valence-corrected chi connectivity index (χ4v) is 4.45. The van der Waals surface area contributed by atoms with Crippen molar-refractivity contribution in [1.29, 1.82) is 0 Å². The number of hydrogen-bond acceptors (Lipinski definition) is 3. The Labute approximate surface area is 196 Å². The molecule has 7 heteroatoms. The van der Waals surface area contributed by atoms with E-state index in [0.29, 0.717) is 43.9 Å². The van der Waals surface area contributed by atoms with E-state index in [4.69, 9.17) is 4.74 Å². The monoisotopic (exact) mass is 469 g/mol. The third-order valence-corrected chi connectivity index (χ3v) is 6.22. The number of ether oxygens (including phenoxy) is 1. The second kappa shape index (κ2) is 10.3. The molecule has 4 nitrogen and oxygen atoms in total. The molecule has 0 bridgehead atoms. The SMILES string of the molecule is O=C(O)C1CCN(C(c2cccc(C(F)(F)F)c2)c2ccccc2OCc2ccccc2)CC1. The molecule has 1 fully saturated rings. The predicted molar refractivity (Wildman–Crippen MR) is 122 cm³/mol. The van der Waals surface area contributed by atoms with Crippen LogP contribution in [0.3, 0.4) is 0 Å². The summed E-state index contributed by atoms with van der Waals surface area (Å²) in [4.78, 5) is 13.5. The Kier molecular flexibility index (Phi) is 7.22. The van der Waals surface area contributed by atoms with Gasteiger partial charge in [0.25, 0.3) is 0 Å². The average molecular weight is 470 g/mol. The van der Waals surface area contributed by atoms with Crippen LogP contribution in [-0.2, 0) is 17.6 Å². The summed E-state index contributed by atoms with van der Waals surface area (Å²) in [7, 11) is 0. The summed E-state index contributed by atoms with van der Waals surface area (Å²) in [5, 5.41) is 9.38. The Balaban J connectivity index is 1.70. The minimum absolute atomic E-state index is 0.328. The molecule has 3 aromatic rings. The second-order valence-corrected chi connectivity index (χ2v) is 8.49. The van der Waals surface area contributed by atoms with E-state index >= 15 is 0 Å². The first kappa shape index (κ1) is 23.8. The zero-order chi connectivity index (χ0) is 24.1. The molecule has 0 radical (unpaired) electrons. The van der Waals surface area contributed by atoms with Crippen LogP contribution in [0.15, 0.2) is 78.9 Å². The number of piperidine rings is 1. The number of carboxylic acids is 1. The second-order valence-electron chi connectivity index (χ2n) is 8.49. The van der Waals surface area contributed by atoms with Crippen molar-refractivity contribution in [2.45, 2.75) is 31.7 Å². The first-order valence-corrected chi connectivity index (χ1v) is 11.2. The van der Waals surface area contributed by atoms with Gasteiger partial charge in [-0.25, -0.2) is 0 Å². The number of likely N-dealkylation sites (tertiary alicyclic amines) is 1. The smallest absolute Gasteiger partial charge is 0.416 e. The molecule has 1 heterocycles. The number of hydrogen-bond donors (Lipinski definition) is 1. The number of halogens is 3. The van der Waals surface area contributed by atoms with Gasteiger partial charge in [-0.05, 0) is 55.3 Å².